The van der Waals surface area contributed by atoms with E-state index in [1.54, 1.807) is 13.8 Å². The summed E-state index contributed by atoms with van der Waals surface area (Å²) in [5, 5.41) is 3.17. The zero-order valence-electron chi connectivity index (χ0n) is 13.3. The summed E-state index contributed by atoms with van der Waals surface area (Å²) in [5.41, 5.74) is 1.23. The van der Waals surface area contributed by atoms with Gasteiger partial charge in [-0.2, -0.15) is 0 Å². The van der Waals surface area contributed by atoms with Crippen LogP contribution >= 0.6 is 0 Å². The largest absolute Gasteiger partial charge is 0.353 e. The Morgan fingerprint density at radius 3 is 2.40 bits per heavy atom. The summed E-state index contributed by atoms with van der Waals surface area (Å²) >= 11 is 0. The normalized spacial score (nSPS) is 14.2. The Labute approximate surface area is 123 Å². The quantitative estimate of drug-likeness (QED) is 0.803. The molecule has 0 radical (unpaired) electrons. The number of hydrogen-bond donors (Lipinski definition) is 1. The van der Waals surface area contributed by atoms with Crippen molar-refractivity contribution in [3.05, 3.63) is 24.0 Å². The lowest BCUT2D eigenvalue weighted by molar-refractivity contribution is 0.421. The average molecular weight is 300 g/mol. The van der Waals surface area contributed by atoms with Gasteiger partial charge in [0.15, 0.2) is 9.84 Å². The molecule has 1 atom stereocenters. The Hall–Kier alpha value is -0.810. The molecule has 1 aromatic heterocycles. The molecule has 0 bridgehead atoms. The molecule has 1 unspecified atom stereocenters. The lowest BCUT2D eigenvalue weighted by atomic mass is 9.98. The molecule has 1 N–H and O–H groups in total. The van der Waals surface area contributed by atoms with Crippen molar-refractivity contribution in [2.24, 2.45) is 5.92 Å². The van der Waals surface area contributed by atoms with E-state index in [9.17, 15) is 8.42 Å². The van der Waals surface area contributed by atoms with Crippen molar-refractivity contribution in [3.8, 4) is 0 Å². The molecule has 1 aromatic rings. The highest BCUT2D eigenvalue weighted by Crippen LogP contribution is 2.21. The highest BCUT2D eigenvalue weighted by atomic mass is 32.2. The third-order valence-corrected chi connectivity index (χ3v) is 5.76. The van der Waals surface area contributed by atoms with Gasteiger partial charge in [-0.25, -0.2) is 8.42 Å². The van der Waals surface area contributed by atoms with E-state index in [1.807, 2.05) is 10.8 Å². The predicted octanol–water partition coefficient (Wildman–Crippen LogP) is 2.62. The van der Waals surface area contributed by atoms with E-state index in [0.717, 1.165) is 6.54 Å². The maximum atomic E-state index is 11.8. The Bertz CT molecular complexity index is 504. The van der Waals surface area contributed by atoms with Crippen molar-refractivity contribution in [3.63, 3.8) is 0 Å². The van der Waals surface area contributed by atoms with Crippen LogP contribution in [0.3, 0.4) is 0 Å². The average Bonchev–Trinajstić information content (AvgIpc) is 2.81. The summed E-state index contributed by atoms with van der Waals surface area (Å²) < 4.78 is 25.6. The molecule has 20 heavy (non-hydrogen) atoms. The summed E-state index contributed by atoms with van der Waals surface area (Å²) in [4.78, 5) is 0. The van der Waals surface area contributed by atoms with Crippen LogP contribution in [-0.4, -0.2) is 30.5 Å². The first-order valence-electron chi connectivity index (χ1n) is 7.38. The summed E-state index contributed by atoms with van der Waals surface area (Å²) in [6.07, 6.45) is 4.03. The van der Waals surface area contributed by atoms with Crippen LogP contribution < -0.4 is 5.32 Å². The number of rotatable bonds is 8. The van der Waals surface area contributed by atoms with Crippen molar-refractivity contribution in [2.75, 3.05) is 12.3 Å². The molecule has 0 aliphatic rings. The molecule has 0 saturated carbocycles. The summed E-state index contributed by atoms with van der Waals surface area (Å²) in [5.74, 6) is 0.706. The topological polar surface area (TPSA) is 51.1 Å². The third-order valence-electron chi connectivity index (χ3n) is 3.58. The zero-order chi connectivity index (χ0) is 15.3. The lowest BCUT2D eigenvalue weighted by Crippen LogP contribution is -2.25. The number of aryl methyl sites for hydroxylation is 1. The number of nitrogens with zero attached hydrogens (tertiary/aromatic N) is 1. The van der Waals surface area contributed by atoms with Gasteiger partial charge in [-0.1, -0.05) is 20.8 Å². The van der Waals surface area contributed by atoms with Crippen LogP contribution in [-0.2, 0) is 16.4 Å². The van der Waals surface area contributed by atoms with Crippen LogP contribution in [0.25, 0.3) is 0 Å². The molecule has 0 aromatic carbocycles. The first-order valence-corrected chi connectivity index (χ1v) is 9.10. The number of aromatic nitrogens is 1. The van der Waals surface area contributed by atoms with Crippen LogP contribution in [0, 0.1) is 5.92 Å². The molecular weight excluding hydrogens is 272 g/mol. The fourth-order valence-electron chi connectivity index (χ4n) is 2.21. The van der Waals surface area contributed by atoms with Crippen molar-refractivity contribution >= 4 is 9.84 Å². The van der Waals surface area contributed by atoms with Crippen LogP contribution in [0.15, 0.2) is 18.5 Å². The maximum Gasteiger partial charge on any atom is 0.154 e. The zero-order valence-corrected chi connectivity index (χ0v) is 14.1. The molecule has 0 saturated heterocycles. The van der Waals surface area contributed by atoms with E-state index in [2.05, 4.69) is 38.4 Å². The van der Waals surface area contributed by atoms with E-state index < -0.39 is 9.84 Å². The van der Waals surface area contributed by atoms with Gasteiger partial charge < -0.3 is 9.88 Å². The van der Waals surface area contributed by atoms with Crippen LogP contribution in [0.2, 0.25) is 0 Å². The Kier molecular flexibility index (Phi) is 6.27. The van der Waals surface area contributed by atoms with E-state index in [1.165, 1.54) is 5.56 Å². The van der Waals surface area contributed by atoms with Crippen LogP contribution in [0.4, 0.5) is 0 Å². The number of hydrogen-bond acceptors (Lipinski definition) is 3. The maximum absolute atomic E-state index is 11.8. The Morgan fingerprint density at radius 2 is 1.90 bits per heavy atom. The molecule has 4 nitrogen and oxygen atoms in total. The van der Waals surface area contributed by atoms with Gasteiger partial charge in [0.25, 0.3) is 0 Å². The molecule has 0 aliphatic carbocycles. The van der Waals surface area contributed by atoms with E-state index in [-0.39, 0.29) is 11.0 Å². The molecule has 5 heteroatoms. The molecule has 1 heterocycles. The van der Waals surface area contributed by atoms with E-state index in [4.69, 9.17) is 0 Å². The second-order valence-corrected chi connectivity index (χ2v) is 8.55. The predicted molar refractivity (Wildman–Crippen MR) is 84.6 cm³/mol. The summed E-state index contributed by atoms with van der Waals surface area (Å²) in [6.45, 7) is 11.4. The second-order valence-electron chi connectivity index (χ2n) is 5.88. The molecule has 0 spiro atoms. The summed E-state index contributed by atoms with van der Waals surface area (Å²) in [6, 6.07) is 2.40. The molecule has 0 amide bonds. The SMILES string of the molecule is CCNC(c1ccn(CCS(=O)(=O)C(C)C)c1)C(C)C. The van der Waals surface area contributed by atoms with Gasteiger partial charge in [0, 0.05) is 25.0 Å². The fraction of sp³-hybridized carbons (Fsp3) is 0.733. The van der Waals surface area contributed by atoms with Gasteiger partial charge in [-0.05, 0) is 37.9 Å². The number of sulfone groups is 1. The minimum atomic E-state index is -2.97. The first-order chi connectivity index (χ1) is 9.27. The first kappa shape index (κ1) is 17.2. The third kappa shape index (κ3) is 4.63. The molecule has 1 rings (SSSR count). The van der Waals surface area contributed by atoms with Crippen LogP contribution in [0.5, 0.6) is 0 Å². The molecular formula is C15H28N2O2S. The van der Waals surface area contributed by atoms with Crippen molar-refractivity contribution in [2.45, 2.75) is 52.5 Å². The standard InChI is InChI=1S/C15H28N2O2S/c1-6-16-15(12(2)3)14-7-8-17(11-14)9-10-20(18,19)13(4)5/h7-8,11-13,15-16H,6,9-10H2,1-5H3. The van der Waals surface area contributed by atoms with Crippen molar-refractivity contribution < 1.29 is 8.42 Å². The Morgan fingerprint density at radius 1 is 1.25 bits per heavy atom. The van der Waals surface area contributed by atoms with Gasteiger partial charge in [0.05, 0.1) is 11.0 Å². The van der Waals surface area contributed by atoms with E-state index in [0.29, 0.717) is 18.5 Å². The molecule has 0 aliphatic heterocycles. The van der Waals surface area contributed by atoms with Gasteiger partial charge in [-0.15, -0.1) is 0 Å². The number of nitrogens with one attached hydrogen (secondary N) is 1. The second kappa shape index (κ2) is 7.27. The van der Waals surface area contributed by atoms with Gasteiger partial charge in [0.2, 0.25) is 0 Å². The monoisotopic (exact) mass is 300 g/mol. The van der Waals surface area contributed by atoms with E-state index >= 15 is 0 Å². The van der Waals surface area contributed by atoms with Gasteiger partial charge >= 0.3 is 0 Å². The minimum Gasteiger partial charge on any atom is -0.353 e. The Balaban J connectivity index is 2.72. The lowest BCUT2D eigenvalue weighted by Gasteiger charge is -2.20. The summed E-state index contributed by atoms with van der Waals surface area (Å²) in [7, 11) is -2.97. The molecule has 0 fully saturated rings. The fourth-order valence-corrected chi connectivity index (χ4v) is 3.15. The smallest absolute Gasteiger partial charge is 0.154 e. The minimum absolute atomic E-state index is 0.201. The highest BCUT2D eigenvalue weighted by Gasteiger charge is 2.18. The van der Waals surface area contributed by atoms with Crippen LogP contribution in [0.1, 0.15) is 46.2 Å². The highest BCUT2D eigenvalue weighted by molar-refractivity contribution is 7.91. The van der Waals surface area contributed by atoms with Crippen molar-refractivity contribution in [1.29, 1.82) is 0 Å². The van der Waals surface area contributed by atoms with Gasteiger partial charge in [-0.3, -0.25) is 0 Å². The van der Waals surface area contributed by atoms with Gasteiger partial charge in [0.1, 0.15) is 0 Å². The van der Waals surface area contributed by atoms with Crippen molar-refractivity contribution in [1.82, 2.24) is 9.88 Å². The molecule has 116 valence electrons.